The fourth-order valence-corrected chi connectivity index (χ4v) is 4.73. The van der Waals surface area contributed by atoms with Crippen molar-refractivity contribution in [3.8, 4) is 22.4 Å². The monoisotopic (exact) mass is 318 g/mol. The second-order valence-electron chi connectivity index (χ2n) is 6.64. The number of benzene rings is 3. The van der Waals surface area contributed by atoms with E-state index < -0.39 is 0 Å². The van der Waals surface area contributed by atoms with Crippen molar-refractivity contribution in [1.82, 2.24) is 9.97 Å². The molecule has 3 aromatic carbocycles. The third kappa shape index (κ3) is 1.38. The summed E-state index contributed by atoms with van der Waals surface area (Å²) in [4.78, 5) is 9.55. The molecule has 25 heavy (non-hydrogen) atoms. The maximum absolute atomic E-state index is 4.84. The van der Waals surface area contributed by atoms with Gasteiger partial charge >= 0.3 is 0 Å². The molecule has 116 valence electrons. The molecule has 0 atom stereocenters. The van der Waals surface area contributed by atoms with Crippen LogP contribution < -0.4 is 0 Å². The van der Waals surface area contributed by atoms with E-state index in [1.165, 1.54) is 33.4 Å². The van der Waals surface area contributed by atoms with Gasteiger partial charge in [-0.15, -0.1) is 0 Å². The Balaban J connectivity index is 1.89. The lowest BCUT2D eigenvalue weighted by molar-refractivity contribution is 0.756. The Hall–Kier alpha value is -3.26. The molecule has 0 fully saturated rings. The zero-order valence-electron chi connectivity index (χ0n) is 13.5. The normalized spacial score (nSPS) is 14.7. The van der Waals surface area contributed by atoms with Gasteiger partial charge in [-0.05, 0) is 27.8 Å². The van der Waals surface area contributed by atoms with Gasteiger partial charge in [-0.3, -0.25) is 9.97 Å². The second kappa shape index (κ2) is 4.42. The summed E-state index contributed by atoms with van der Waals surface area (Å²) >= 11 is 0. The van der Waals surface area contributed by atoms with Crippen LogP contribution in [0.2, 0.25) is 0 Å². The van der Waals surface area contributed by atoms with Crippen LogP contribution in [0.25, 0.3) is 22.4 Å². The van der Waals surface area contributed by atoms with Gasteiger partial charge < -0.3 is 0 Å². The zero-order chi connectivity index (χ0) is 16.4. The molecule has 0 unspecified atom stereocenters. The molecule has 4 aromatic rings. The maximum atomic E-state index is 4.84. The van der Waals surface area contributed by atoms with Gasteiger partial charge in [0.1, 0.15) is 0 Å². The lowest BCUT2D eigenvalue weighted by Gasteiger charge is -2.28. The number of hydrogen-bond donors (Lipinski definition) is 0. The van der Waals surface area contributed by atoms with Crippen LogP contribution in [-0.2, 0) is 5.41 Å². The van der Waals surface area contributed by atoms with Crippen molar-refractivity contribution in [3.05, 3.63) is 108 Å². The highest BCUT2D eigenvalue weighted by molar-refractivity contribution is 5.92. The van der Waals surface area contributed by atoms with Gasteiger partial charge in [0.05, 0.1) is 16.8 Å². The molecule has 0 N–H and O–H groups in total. The average Bonchev–Trinajstić information content (AvgIpc) is 3.16. The Labute approximate surface area is 145 Å². The van der Waals surface area contributed by atoms with Crippen molar-refractivity contribution in [2.24, 2.45) is 0 Å². The minimum absolute atomic E-state index is 0.354. The number of rotatable bonds is 0. The van der Waals surface area contributed by atoms with Crippen LogP contribution in [0.1, 0.15) is 22.4 Å². The third-order valence-electron chi connectivity index (χ3n) is 5.59. The molecule has 0 amide bonds. The topological polar surface area (TPSA) is 25.8 Å². The Morgan fingerprint density at radius 2 is 1.00 bits per heavy atom. The number of aromatic nitrogens is 2. The standard InChI is InChI=1S/C23H14N2/c1-4-10-18-15(7-1)16-8-2-5-11-19(16)23(18)20-12-6-3-9-17(20)21-22(23)25-14-13-24-21/h1-14H. The van der Waals surface area contributed by atoms with Gasteiger partial charge in [0.2, 0.25) is 0 Å². The Kier molecular flexibility index (Phi) is 2.31. The minimum Gasteiger partial charge on any atom is -0.256 e. The van der Waals surface area contributed by atoms with Crippen molar-refractivity contribution in [2.75, 3.05) is 0 Å². The number of nitrogens with zero attached hydrogens (tertiary/aromatic N) is 2. The molecule has 2 aliphatic carbocycles. The zero-order valence-corrected chi connectivity index (χ0v) is 13.5. The molecule has 1 spiro atoms. The fraction of sp³-hybridized carbons (Fsp3) is 0.0435. The molecule has 0 bridgehead atoms. The lowest BCUT2D eigenvalue weighted by atomic mass is 9.73. The molecule has 6 rings (SSSR count). The van der Waals surface area contributed by atoms with Gasteiger partial charge in [0, 0.05) is 18.0 Å². The molecule has 1 aromatic heterocycles. The molecule has 2 nitrogen and oxygen atoms in total. The molecule has 2 aliphatic rings. The molecule has 0 saturated heterocycles. The third-order valence-corrected chi connectivity index (χ3v) is 5.59. The second-order valence-corrected chi connectivity index (χ2v) is 6.64. The van der Waals surface area contributed by atoms with E-state index in [9.17, 15) is 0 Å². The van der Waals surface area contributed by atoms with Crippen LogP contribution in [-0.4, -0.2) is 9.97 Å². The Morgan fingerprint density at radius 3 is 1.64 bits per heavy atom. The summed E-state index contributed by atoms with van der Waals surface area (Å²) in [5.74, 6) is 0. The van der Waals surface area contributed by atoms with Gasteiger partial charge in [-0.2, -0.15) is 0 Å². The van der Waals surface area contributed by atoms with Crippen molar-refractivity contribution in [3.63, 3.8) is 0 Å². The maximum Gasteiger partial charge on any atom is 0.0937 e. The summed E-state index contributed by atoms with van der Waals surface area (Å²) in [6.45, 7) is 0. The van der Waals surface area contributed by atoms with E-state index in [4.69, 9.17) is 9.97 Å². The van der Waals surface area contributed by atoms with E-state index in [0.717, 1.165) is 11.4 Å². The highest BCUT2D eigenvalue weighted by Gasteiger charge is 2.53. The first kappa shape index (κ1) is 13.1. The largest absolute Gasteiger partial charge is 0.256 e. The summed E-state index contributed by atoms with van der Waals surface area (Å²) < 4.78 is 0. The van der Waals surface area contributed by atoms with Gasteiger partial charge in [-0.1, -0.05) is 72.8 Å². The molecule has 1 heterocycles. The number of hydrogen-bond acceptors (Lipinski definition) is 2. The highest BCUT2D eigenvalue weighted by Crippen LogP contribution is 2.61. The van der Waals surface area contributed by atoms with E-state index in [1.807, 2.05) is 6.20 Å². The fourth-order valence-electron chi connectivity index (χ4n) is 4.73. The Morgan fingerprint density at radius 1 is 0.520 bits per heavy atom. The minimum atomic E-state index is -0.354. The number of fused-ring (bicyclic) bond motifs is 10. The van der Waals surface area contributed by atoms with Gasteiger partial charge in [-0.25, -0.2) is 0 Å². The van der Waals surface area contributed by atoms with Crippen molar-refractivity contribution in [1.29, 1.82) is 0 Å². The molecule has 0 saturated carbocycles. The predicted molar refractivity (Wildman–Crippen MR) is 98.3 cm³/mol. The van der Waals surface area contributed by atoms with E-state index in [0.29, 0.717) is 0 Å². The first-order chi connectivity index (χ1) is 12.4. The van der Waals surface area contributed by atoms with Crippen LogP contribution in [0, 0.1) is 0 Å². The van der Waals surface area contributed by atoms with Crippen molar-refractivity contribution >= 4 is 0 Å². The summed E-state index contributed by atoms with van der Waals surface area (Å²) in [5.41, 5.74) is 9.39. The summed E-state index contributed by atoms with van der Waals surface area (Å²) in [6.07, 6.45) is 3.61. The van der Waals surface area contributed by atoms with Crippen LogP contribution in [0.15, 0.2) is 85.2 Å². The highest BCUT2D eigenvalue weighted by atomic mass is 14.8. The van der Waals surface area contributed by atoms with Gasteiger partial charge in [0.15, 0.2) is 0 Å². The lowest BCUT2D eigenvalue weighted by Crippen LogP contribution is -2.27. The van der Waals surface area contributed by atoms with Crippen molar-refractivity contribution in [2.45, 2.75) is 5.41 Å². The average molecular weight is 318 g/mol. The Bertz CT molecular complexity index is 972. The predicted octanol–water partition coefficient (Wildman–Crippen LogP) is 4.82. The van der Waals surface area contributed by atoms with E-state index >= 15 is 0 Å². The summed E-state index contributed by atoms with van der Waals surface area (Å²) in [6, 6.07) is 26.0. The van der Waals surface area contributed by atoms with E-state index in [-0.39, 0.29) is 5.41 Å². The quantitative estimate of drug-likeness (QED) is 0.401. The van der Waals surface area contributed by atoms with Crippen LogP contribution in [0.3, 0.4) is 0 Å². The van der Waals surface area contributed by atoms with Crippen molar-refractivity contribution < 1.29 is 0 Å². The van der Waals surface area contributed by atoms with Crippen LogP contribution in [0.5, 0.6) is 0 Å². The SMILES string of the molecule is c1ccc2c(c1)-c1ccccc1C21c2ccccc2-c2nccnc21. The van der Waals surface area contributed by atoms with Gasteiger partial charge in [0.25, 0.3) is 0 Å². The first-order valence-electron chi connectivity index (χ1n) is 8.53. The molecule has 2 heteroatoms. The van der Waals surface area contributed by atoms with E-state index in [2.05, 4.69) is 72.8 Å². The van der Waals surface area contributed by atoms with E-state index in [1.54, 1.807) is 6.20 Å². The summed E-state index contributed by atoms with van der Waals surface area (Å²) in [7, 11) is 0. The smallest absolute Gasteiger partial charge is 0.0937 e. The molecular formula is C23H14N2. The van der Waals surface area contributed by atoms with Crippen LogP contribution >= 0.6 is 0 Å². The molecular weight excluding hydrogens is 304 g/mol. The summed E-state index contributed by atoms with van der Waals surface area (Å²) in [5, 5.41) is 0. The molecule has 0 aliphatic heterocycles. The first-order valence-corrected chi connectivity index (χ1v) is 8.53. The van der Waals surface area contributed by atoms with Crippen LogP contribution in [0.4, 0.5) is 0 Å². The molecule has 0 radical (unpaired) electrons.